The van der Waals surface area contributed by atoms with Crippen LogP contribution in [0.15, 0.2) is 35.8 Å². The number of nitrogens with one attached hydrogen (secondary N) is 1. The molecule has 1 aromatic rings. The van der Waals surface area contributed by atoms with Crippen LogP contribution in [0.4, 0.5) is 0 Å². The molecule has 1 heterocycles. The topological polar surface area (TPSA) is 79.0 Å². The van der Waals surface area contributed by atoms with E-state index in [0.29, 0.717) is 0 Å². The average molecular weight is 256 g/mol. The van der Waals surface area contributed by atoms with Crippen LogP contribution >= 0.6 is 0 Å². The molecule has 0 unspecified atom stereocenters. The number of sulfonamides is 1. The third kappa shape index (κ3) is 3.50. The van der Waals surface area contributed by atoms with Crippen LogP contribution in [0.25, 0.3) is 0 Å². The van der Waals surface area contributed by atoms with E-state index in [1.54, 1.807) is 13.8 Å². The summed E-state index contributed by atoms with van der Waals surface area (Å²) in [6.45, 7) is 11.4. The number of hydrogen-bond acceptors (Lipinski definition) is 4. The van der Waals surface area contributed by atoms with Crippen LogP contribution in [0, 0.1) is 0 Å². The van der Waals surface area contributed by atoms with E-state index in [0.717, 1.165) is 11.1 Å². The largest absolute Gasteiger partial charge is 0.282 e. The molecule has 0 fully saturated rings. The lowest BCUT2D eigenvalue weighted by Gasteiger charge is -2.20. The maximum absolute atomic E-state index is 12.2. The van der Waals surface area contributed by atoms with E-state index < -0.39 is 10.0 Å². The van der Waals surface area contributed by atoms with Crippen LogP contribution in [0.2, 0.25) is 0 Å². The first-order chi connectivity index (χ1) is 7.84. The highest BCUT2D eigenvalue weighted by atomic mass is 32.2. The third-order valence-corrected chi connectivity index (χ3v) is 3.45. The van der Waals surface area contributed by atoms with Gasteiger partial charge in [-0.05, 0) is 13.8 Å². The molecule has 0 aliphatic carbocycles. The molecule has 0 spiro atoms. The Bertz CT molecular complexity index is 488. The van der Waals surface area contributed by atoms with Gasteiger partial charge in [-0.25, -0.2) is 13.4 Å². The summed E-state index contributed by atoms with van der Waals surface area (Å²) in [5, 5.41) is 5.75. The van der Waals surface area contributed by atoms with Gasteiger partial charge in [-0.3, -0.25) is 5.10 Å². The van der Waals surface area contributed by atoms with E-state index in [4.69, 9.17) is 0 Å². The lowest BCUT2D eigenvalue weighted by atomic mass is 10.3. The predicted octanol–water partition coefficient (Wildman–Crippen LogP) is 0.948. The van der Waals surface area contributed by atoms with Crippen LogP contribution in [0.3, 0.4) is 0 Å². The molecule has 0 amide bonds. The second-order valence-corrected chi connectivity index (χ2v) is 5.80. The van der Waals surface area contributed by atoms with Crippen LogP contribution in [-0.2, 0) is 10.0 Å². The maximum atomic E-state index is 12.2. The molecular formula is C10H16N4O2S. The molecule has 17 heavy (non-hydrogen) atoms. The quantitative estimate of drug-likeness (QED) is 0.768. The lowest BCUT2D eigenvalue weighted by Crippen LogP contribution is -2.34. The van der Waals surface area contributed by atoms with Crippen molar-refractivity contribution in [1.29, 1.82) is 0 Å². The van der Waals surface area contributed by atoms with E-state index in [1.807, 2.05) is 0 Å². The summed E-state index contributed by atoms with van der Waals surface area (Å²) < 4.78 is 25.6. The molecular weight excluding hydrogens is 240 g/mol. The molecule has 1 N–H and O–H groups in total. The standard InChI is InChI=1S/C10H16N4O2S/c1-8(2)5-14(6-9(3)4)17(15,16)10-11-7-12-13-10/h7H,1,3,5-6H2,2,4H3,(H,11,12,13). The van der Waals surface area contributed by atoms with Gasteiger partial charge in [-0.2, -0.15) is 4.31 Å². The number of hydrogen-bond donors (Lipinski definition) is 1. The van der Waals surface area contributed by atoms with Crippen molar-refractivity contribution in [2.45, 2.75) is 19.0 Å². The number of nitrogens with zero attached hydrogens (tertiary/aromatic N) is 3. The highest BCUT2D eigenvalue weighted by Crippen LogP contribution is 2.13. The predicted molar refractivity (Wildman–Crippen MR) is 64.8 cm³/mol. The molecule has 0 saturated carbocycles. The van der Waals surface area contributed by atoms with Crippen molar-refractivity contribution in [1.82, 2.24) is 19.5 Å². The van der Waals surface area contributed by atoms with Crippen molar-refractivity contribution in [3.63, 3.8) is 0 Å². The van der Waals surface area contributed by atoms with Crippen LogP contribution in [0.5, 0.6) is 0 Å². The first kappa shape index (κ1) is 13.6. The van der Waals surface area contributed by atoms with E-state index in [-0.39, 0.29) is 18.2 Å². The zero-order valence-electron chi connectivity index (χ0n) is 9.97. The van der Waals surface area contributed by atoms with Gasteiger partial charge in [0.25, 0.3) is 15.2 Å². The van der Waals surface area contributed by atoms with Gasteiger partial charge >= 0.3 is 0 Å². The summed E-state index contributed by atoms with van der Waals surface area (Å²) in [5.74, 6) is 0. The zero-order valence-corrected chi connectivity index (χ0v) is 10.8. The summed E-state index contributed by atoms with van der Waals surface area (Å²) in [5.41, 5.74) is 1.48. The van der Waals surface area contributed by atoms with Crippen LogP contribution in [-0.4, -0.2) is 41.0 Å². The molecule has 1 rings (SSSR count). The van der Waals surface area contributed by atoms with Crippen molar-refractivity contribution in [3.8, 4) is 0 Å². The van der Waals surface area contributed by atoms with Gasteiger partial charge in [-0.15, -0.1) is 5.10 Å². The molecule has 0 atom stereocenters. The van der Waals surface area contributed by atoms with Crippen molar-refractivity contribution in [2.75, 3.05) is 13.1 Å². The number of H-pyrrole nitrogens is 1. The minimum absolute atomic E-state index is 0.226. The second kappa shape index (κ2) is 5.24. The summed E-state index contributed by atoms with van der Waals surface area (Å²) in [6, 6.07) is 0. The minimum atomic E-state index is -3.69. The van der Waals surface area contributed by atoms with Crippen LogP contribution < -0.4 is 0 Å². The molecule has 0 aliphatic heterocycles. The van der Waals surface area contributed by atoms with Crippen molar-refractivity contribution < 1.29 is 8.42 Å². The third-order valence-electron chi connectivity index (χ3n) is 1.86. The van der Waals surface area contributed by atoms with Gasteiger partial charge in [0.2, 0.25) is 0 Å². The molecule has 94 valence electrons. The zero-order chi connectivity index (χ0) is 13.1. The molecule has 0 radical (unpaired) electrons. The smallest absolute Gasteiger partial charge is 0.265 e. The summed E-state index contributed by atoms with van der Waals surface area (Å²) in [6.07, 6.45) is 1.23. The van der Waals surface area contributed by atoms with E-state index in [9.17, 15) is 8.42 Å². The lowest BCUT2D eigenvalue weighted by molar-refractivity contribution is 0.454. The molecule has 0 aliphatic rings. The molecule has 0 aromatic carbocycles. The molecule has 6 nitrogen and oxygen atoms in total. The summed E-state index contributed by atoms with van der Waals surface area (Å²) in [7, 11) is -3.69. The van der Waals surface area contributed by atoms with Gasteiger partial charge in [0.1, 0.15) is 6.33 Å². The highest BCUT2D eigenvalue weighted by molar-refractivity contribution is 7.89. The number of aromatic amines is 1. The van der Waals surface area contributed by atoms with Gasteiger partial charge in [0, 0.05) is 13.1 Å². The first-order valence-electron chi connectivity index (χ1n) is 4.98. The average Bonchev–Trinajstić information content (AvgIpc) is 2.68. The fraction of sp³-hybridized carbons (Fsp3) is 0.400. The van der Waals surface area contributed by atoms with Crippen molar-refractivity contribution >= 4 is 10.0 Å². The Morgan fingerprint density at radius 3 is 2.24 bits per heavy atom. The Morgan fingerprint density at radius 1 is 1.35 bits per heavy atom. The second-order valence-electron chi connectivity index (χ2n) is 3.97. The SMILES string of the molecule is C=C(C)CN(CC(=C)C)S(=O)(=O)c1nc[nH]n1. The van der Waals surface area contributed by atoms with Crippen molar-refractivity contribution in [3.05, 3.63) is 30.6 Å². The fourth-order valence-corrected chi connectivity index (χ4v) is 2.63. The van der Waals surface area contributed by atoms with Crippen LogP contribution in [0.1, 0.15) is 13.8 Å². The van der Waals surface area contributed by atoms with E-state index >= 15 is 0 Å². The Balaban J connectivity index is 3.04. The normalized spacial score (nSPS) is 11.7. The number of aromatic nitrogens is 3. The van der Waals surface area contributed by atoms with Crippen molar-refractivity contribution in [2.24, 2.45) is 0 Å². The summed E-state index contributed by atoms with van der Waals surface area (Å²) >= 11 is 0. The Morgan fingerprint density at radius 2 is 1.88 bits per heavy atom. The molecule has 0 saturated heterocycles. The van der Waals surface area contributed by atoms with E-state index in [1.165, 1.54) is 10.6 Å². The molecule has 7 heteroatoms. The minimum Gasteiger partial charge on any atom is -0.265 e. The van der Waals surface area contributed by atoms with E-state index in [2.05, 4.69) is 28.3 Å². The summed E-state index contributed by atoms with van der Waals surface area (Å²) in [4.78, 5) is 3.67. The van der Waals surface area contributed by atoms with Gasteiger partial charge in [0.15, 0.2) is 0 Å². The fourth-order valence-electron chi connectivity index (χ4n) is 1.26. The Kier molecular flexibility index (Phi) is 4.19. The van der Waals surface area contributed by atoms with Gasteiger partial charge in [-0.1, -0.05) is 24.3 Å². The first-order valence-corrected chi connectivity index (χ1v) is 6.42. The molecule has 0 bridgehead atoms. The Labute approximate surface area is 101 Å². The maximum Gasteiger partial charge on any atom is 0.282 e. The highest BCUT2D eigenvalue weighted by Gasteiger charge is 2.27. The Hall–Kier alpha value is -1.47. The van der Waals surface area contributed by atoms with Gasteiger partial charge < -0.3 is 0 Å². The molecule has 1 aromatic heterocycles. The monoisotopic (exact) mass is 256 g/mol. The number of rotatable bonds is 6. The van der Waals surface area contributed by atoms with Gasteiger partial charge in [0.05, 0.1) is 0 Å².